The van der Waals surface area contributed by atoms with Crippen molar-refractivity contribution in [2.24, 2.45) is 0 Å². The lowest BCUT2D eigenvalue weighted by molar-refractivity contribution is -0.115. The molecule has 6 heteroatoms. The van der Waals surface area contributed by atoms with Crippen LogP contribution in [0.3, 0.4) is 0 Å². The molecule has 1 aromatic heterocycles. The van der Waals surface area contributed by atoms with Crippen molar-refractivity contribution in [1.29, 1.82) is 0 Å². The summed E-state index contributed by atoms with van der Waals surface area (Å²) in [7, 11) is 0. The van der Waals surface area contributed by atoms with Crippen molar-refractivity contribution >= 4 is 29.1 Å². The van der Waals surface area contributed by atoms with E-state index in [-0.39, 0.29) is 16.9 Å². The highest BCUT2D eigenvalue weighted by Gasteiger charge is 2.16. The number of carbonyl (C=O) groups excluding carboxylic acids is 2. The first-order valence-electron chi connectivity index (χ1n) is 7.26. The van der Waals surface area contributed by atoms with Gasteiger partial charge in [0.1, 0.15) is 10.9 Å². The maximum Gasteiger partial charge on any atom is 0.237 e. The third-order valence-electron chi connectivity index (χ3n) is 3.17. The molecule has 0 saturated carbocycles. The van der Waals surface area contributed by atoms with Gasteiger partial charge in [-0.2, -0.15) is 0 Å². The lowest BCUT2D eigenvalue weighted by Gasteiger charge is -2.12. The number of thioether (sulfide) groups is 1. The van der Waals surface area contributed by atoms with E-state index in [9.17, 15) is 9.59 Å². The SMILES string of the molecule is CC(=O)c1ccc(NC(=O)C(C)Sc2cc(C)nc(C)n2)cc1. The van der Waals surface area contributed by atoms with Crippen molar-refractivity contribution in [3.8, 4) is 0 Å². The molecule has 1 amide bonds. The van der Waals surface area contributed by atoms with Gasteiger partial charge >= 0.3 is 0 Å². The zero-order valence-electron chi connectivity index (χ0n) is 13.6. The molecule has 0 spiro atoms. The predicted octanol–water partition coefficient (Wildman–Crippen LogP) is 3.42. The maximum absolute atomic E-state index is 12.3. The van der Waals surface area contributed by atoms with Crippen LogP contribution in [0.4, 0.5) is 5.69 Å². The van der Waals surface area contributed by atoms with Crippen LogP contribution in [0.15, 0.2) is 35.4 Å². The van der Waals surface area contributed by atoms with Gasteiger partial charge in [-0.3, -0.25) is 9.59 Å². The van der Waals surface area contributed by atoms with Gasteiger partial charge in [-0.15, -0.1) is 0 Å². The number of Topliss-reactive ketones (excluding diaryl/α,β-unsaturated/α-hetero) is 1. The maximum atomic E-state index is 12.3. The normalized spacial score (nSPS) is 11.8. The molecule has 0 aliphatic rings. The first-order valence-corrected chi connectivity index (χ1v) is 8.14. The third kappa shape index (κ3) is 4.89. The minimum absolute atomic E-state index is 0.00120. The number of aromatic nitrogens is 2. The highest BCUT2D eigenvalue weighted by atomic mass is 32.2. The number of anilines is 1. The third-order valence-corrected chi connectivity index (χ3v) is 4.19. The second-order valence-corrected chi connectivity index (χ2v) is 6.64. The molecular formula is C17H19N3O2S. The largest absolute Gasteiger partial charge is 0.325 e. The standard InChI is InChI=1S/C17H19N3O2S/c1-10-9-16(19-13(4)18-10)23-12(3)17(22)20-15-7-5-14(6-8-15)11(2)21/h5-9,12H,1-4H3,(H,20,22). The van der Waals surface area contributed by atoms with E-state index in [0.717, 1.165) is 10.7 Å². The molecule has 2 rings (SSSR count). The Kier molecular flexibility index (Phi) is 5.50. The highest BCUT2D eigenvalue weighted by molar-refractivity contribution is 8.00. The number of amides is 1. The van der Waals surface area contributed by atoms with Crippen LogP contribution in [0.25, 0.3) is 0 Å². The highest BCUT2D eigenvalue weighted by Crippen LogP contribution is 2.23. The summed E-state index contributed by atoms with van der Waals surface area (Å²) < 4.78 is 0. The molecule has 0 radical (unpaired) electrons. The number of nitrogens with one attached hydrogen (secondary N) is 1. The van der Waals surface area contributed by atoms with E-state index in [1.807, 2.05) is 26.8 Å². The van der Waals surface area contributed by atoms with E-state index in [2.05, 4.69) is 15.3 Å². The Balaban J connectivity index is 2.00. The van der Waals surface area contributed by atoms with Crippen LogP contribution in [0, 0.1) is 13.8 Å². The van der Waals surface area contributed by atoms with Crippen LogP contribution in [0.5, 0.6) is 0 Å². The summed E-state index contributed by atoms with van der Waals surface area (Å²) >= 11 is 1.39. The molecule has 1 N–H and O–H groups in total. The summed E-state index contributed by atoms with van der Waals surface area (Å²) in [6.45, 7) is 7.08. The van der Waals surface area contributed by atoms with Crippen molar-refractivity contribution in [3.05, 3.63) is 47.4 Å². The van der Waals surface area contributed by atoms with Gasteiger partial charge < -0.3 is 5.32 Å². The fourth-order valence-corrected chi connectivity index (χ4v) is 2.96. The Hall–Kier alpha value is -2.21. The summed E-state index contributed by atoms with van der Waals surface area (Å²) in [4.78, 5) is 32.1. The van der Waals surface area contributed by atoms with Crippen LogP contribution in [0.1, 0.15) is 35.7 Å². The summed E-state index contributed by atoms with van der Waals surface area (Å²) in [5, 5.41) is 3.33. The van der Waals surface area contributed by atoms with Gasteiger partial charge in [0.2, 0.25) is 5.91 Å². The van der Waals surface area contributed by atoms with Crippen LogP contribution in [-0.4, -0.2) is 26.9 Å². The molecule has 1 unspecified atom stereocenters. The molecule has 0 fully saturated rings. The molecular weight excluding hydrogens is 310 g/mol. The number of hydrogen-bond donors (Lipinski definition) is 1. The van der Waals surface area contributed by atoms with Gasteiger partial charge in [-0.1, -0.05) is 11.8 Å². The lowest BCUT2D eigenvalue weighted by atomic mass is 10.1. The number of aryl methyl sites for hydroxylation is 2. The minimum atomic E-state index is -0.295. The molecule has 0 aliphatic carbocycles. The van der Waals surface area contributed by atoms with Gasteiger partial charge in [0.05, 0.1) is 5.25 Å². The second kappa shape index (κ2) is 7.37. The number of ketones is 1. The number of hydrogen-bond acceptors (Lipinski definition) is 5. The number of benzene rings is 1. The Labute approximate surface area is 139 Å². The topological polar surface area (TPSA) is 72.0 Å². The zero-order chi connectivity index (χ0) is 17.0. The molecule has 0 bridgehead atoms. The lowest BCUT2D eigenvalue weighted by Crippen LogP contribution is -2.22. The van der Waals surface area contributed by atoms with Crippen molar-refractivity contribution in [1.82, 2.24) is 9.97 Å². The van der Waals surface area contributed by atoms with Crippen LogP contribution >= 0.6 is 11.8 Å². The van der Waals surface area contributed by atoms with Crippen molar-refractivity contribution < 1.29 is 9.59 Å². The van der Waals surface area contributed by atoms with Crippen LogP contribution in [-0.2, 0) is 4.79 Å². The molecule has 1 atom stereocenters. The summed E-state index contributed by atoms with van der Waals surface area (Å²) in [5.74, 6) is 0.584. The first-order chi connectivity index (χ1) is 10.8. The monoisotopic (exact) mass is 329 g/mol. The first kappa shape index (κ1) is 17.1. The minimum Gasteiger partial charge on any atom is -0.325 e. The van der Waals surface area contributed by atoms with Crippen LogP contribution < -0.4 is 5.32 Å². The number of nitrogens with zero attached hydrogens (tertiary/aromatic N) is 2. The Morgan fingerprint density at radius 2 is 1.78 bits per heavy atom. The summed E-state index contributed by atoms with van der Waals surface area (Å²) in [6, 6.07) is 8.72. The number of rotatable bonds is 5. The summed E-state index contributed by atoms with van der Waals surface area (Å²) in [6.07, 6.45) is 0. The molecule has 5 nitrogen and oxygen atoms in total. The Bertz CT molecular complexity index is 709. The fourth-order valence-electron chi connectivity index (χ4n) is 2.01. The van der Waals surface area contributed by atoms with Gasteiger partial charge in [0.25, 0.3) is 0 Å². The molecule has 1 aromatic carbocycles. The predicted molar refractivity (Wildman–Crippen MR) is 91.9 cm³/mol. The Morgan fingerprint density at radius 3 is 2.35 bits per heavy atom. The van der Waals surface area contributed by atoms with Gasteiger partial charge in [0.15, 0.2) is 5.78 Å². The van der Waals surface area contributed by atoms with E-state index in [1.165, 1.54) is 18.7 Å². The quantitative estimate of drug-likeness (QED) is 0.517. The second-order valence-electron chi connectivity index (χ2n) is 5.28. The van der Waals surface area contributed by atoms with Crippen molar-refractivity contribution in [3.63, 3.8) is 0 Å². The molecule has 1 heterocycles. The average Bonchev–Trinajstić information content (AvgIpc) is 2.46. The fraction of sp³-hybridized carbons (Fsp3) is 0.294. The van der Waals surface area contributed by atoms with E-state index < -0.39 is 0 Å². The van der Waals surface area contributed by atoms with Crippen molar-refractivity contribution in [2.45, 2.75) is 38.0 Å². The summed E-state index contributed by atoms with van der Waals surface area (Å²) in [5.41, 5.74) is 2.17. The van der Waals surface area contributed by atoms with E-state index in [0.29, 0.717) is 17.1 Å². The van der Waals surface area contributed by atoms with Gasteiger partial charge in [-0.05, 0) is 58.0 Å². The van der Waals surface area contributed by atoms with E-state index in [1.54, 1.807) is 24.3 Å². The molecule has 0 saturated heterocycles. The number of carbonyl (C=O) groups is 2. The van der Waals surface area contributed by atoms with E-state index in [4.69, 9.17) is 0 Å². The smallest absolute Gasteiger partial charge is 0.237 e. The van der Waals surface area contributed by atoms with Crippen LogP contribution in [0.2, 0.25) is 0 Å². The molecule has 120 valence electrons. The molecule has 0 aliphatic heterocycles. The van der Waals surface area contributed by atoms with Gasteiger partial charge in [0, 0.05) is 16.9 Å². The molecule has 2 aromatic rings. The van der Waals surface area contributed by atoms with Gasteiger partial charge in [-0.25, -0.2) is 9.97 Å². The Morgan fingerprint density at radius 1 is 1.13 bits per heavy atom. The van der Waals surface area contributed by atoms with Crippen molar-refractivity contribution in [2.75, 3.05) is 5.32 Å². The zero-order valence-corrected chi connectivity index (χ0v) is 14.4. The average molecular weight is 329 g/mol. The molecule has 23 heavy (non-hydrogen) atoms. The van der Waals surface area contributed by atoms with E-state index >= 15 is 0 Å².